The van der Waals surface area contributed by atoms with Gasteiger partial charge in [-0.2, -0.15) is 0 Å². The first-order chi connectivity index (χ1) is 9.56. The second kappa shape index (κ2) is 6.18. The second-order valence-electron chi connectivity index (χ2n) is 3.86. The van der Waals surface area contributed by atoms with Crippen LogP contribution in [0.25, 0.3) is 0 Å². The van der Waals surface area contributed by atoms with Crippen LogP contribution in [0.2, 0.25) is 0 Å². The van der Waals surface area contributed by atoms with Gasteiger partial charge >= 0.3 is 0 Å². The number of nitrogen functional groups attached to an aromatic ring is 1. The van der Waals surface area contributed by atoms with Crippen molar-refractivity contribution in [2.45, 2.75) is 0 Å². The van der Waals surface area contributed by atoms with E-state index in [4.69, 9.17) is 5.73 Å². The second-order valence-corrected chi connectivity index (χ2v) is 4.44. The van der Waals surface area contributed by atoms with Crippen LogP contribution >= 0.6 is 0 Å². The Kier molecular flexibility index (Phi) is 4.34. The van der Waals surface area contributed by atoms with Crippen molar-refractivity contribution in [3.8, 4) is 5.75 Å². The zero-order valence-electron chi connectivity index (χ0n) is 10.2. The smallest absolute Gasteiger partial charge is 0.255 e. The first-order valence-electron chi connectivity index (χ1n) is 5.60. The lowest BCUT2D eigenvalue weighted by Crippen LogP contribution is -2.12. The van der Waals surface area contributed by atoms with E-state index in [1.807, 2.05) is 0 Å². The molecule has 2 rings (SSSR count). The third kappa shape index (κ3) is 3.56. The van der Waals surface area contributed by atoms with Gasteiger partial charge in [-0.15, -0.1) is 0 Å². The maximum Gasteiger partial charge on any atom is 0.255 e. The van der Waals surface area contributed by atoms with E-state index >= 15 is 0 Å². The molecule has 2 aromatic carbocycles. The summed E-state index contributed by atoms with van der Waals surface area (Å²) in [6.07, 6.45) is 0. The molecule has 2 aromatic rings. The average Bonchev–Trinajstić information content (AvgIpc) is 2.43. The van der Waals surface area contributed by atoms with Gasteiger partial charge in [0.05, 0.1) is 5.69 Å². The standard InChI is InChI=1S/C13H12N2O4S/c14-11-7-6-10(8-12(11)19-20(17)18)15-13(16)9-4-2-1-3-5-9/h1-8H,14H2,(H,15,16)(H,17,18)/p-1. The van der Waals surface area contributed by atoms with Gasteiger partial charge in [-0.3, -0.25) is 4.79 Å². The van der Waals surface area contributed by atoms with Crippen LogP contribution in [-0.2, 0) is 11.4 Å². The summed E-state index contributed by atoms with van der Waals surface area (Å²) in [6, 6.07) is 13.0. The molecule has 1 unspecified atom stereocenters. The fraction of sp³-hybridized carbons (Fsp3) is 0. The molecule has 104 valence electrons. The summed E-state index contributed by atoms with van der Waals surface area (Å²) in [5.41, 5.74) is 6.60. The van der Waals surface area contributed by atoms with Gasteiger partial charge in [0.25, 0.3) is 5.91 Å². The van der Waals surface area contributed by atoms with Gasteiger partial charge in [0.15, 0.2) is 5.75 Å². The number of carbonyl (C=O) groups is 1. The van der Waals surface area contributed by atoms with Crippen LogP contribution < -0.4 is 15.2 Å². The molecule has 3 N–H and O–H groups in total. The number of rotatable bonds is 4. The van der Waals surface area contributed by atoms with Crippen molar-refractivity contribution in [1.82, 2.24) is 0 Å². The first kappa shape index (κ1) is 14.0. The number of amides is 1. The van der Waals surface area contributed by atoms with Crippen LogP contribution in [0, 0.1) is 0 Å². The molecule has 0 aliphatic carbocycles. The van der Waals surface area contributed by atoms with Gasteiger partial charge in [-0.25, -0.2) is 4.21 Å². The van der Waals surface area contributed by atoms with Gasteiger partial charge in [0, 0.05) is 17.3 Å². The van der Waals surface area contributed by atoms with E-state index < -0.39 is 11.4 Å². The minimum Gasteiger partial charge on any atom is -0.740 e. The summed E-state index contributed by atoms with van der Waals surface area (Å²) in [6.45, 7) is 0. The number of nitrogens with one attached hydrogen (secondary N) is 1. The summed E-state index contributed by atoms with van der Waals surface area (Å²) in [5.74, 6) is -0.353. The zero-order chi connectivity index (χ0) is 14.5. The predicted molar refractivity (Wildman–Crippen MR) is 74.8 cm³/mol. The van der Waals surface area contributed by atoms with Crippen molar-refractivity contribution in [1.29, 1.82) is 0 Å². The Morgan fingerprint density at radius 2 is 1.90 bits per heavy atom. The average molecular weight is 291 g/mol. The van der Waals surface area contributed by atoms with Crippen LogP contribution in [0.5, 0.6) is 5.75 Å². The summed E-state index contributed by atoms with van der Waals surface area (Å²) >= 11 is -2.73. The van der Waals surface area contributed by atoms with Crippen molar-refractivity contribution >= 4 is 28.6 Å². The molecule has 0 bridgehead atoms. The van der Waals surface area contributed by atoms with Crippen molar-refractivity contribution in [3.63, 3.8) is 0 Å². The molecule has 0 saturated heterocycles. The SMILES string of the molecule is Nc1ccc(NC(=O)c2ccccc2)cc1OS(=O)[O-]. The Labute approximate surface area is 118 Å². The van der Waals surface area contributed by atoms with E-state index in [9.17, 15) is 13.6 Å². The van der Waals surface area contributed by atoms with Crippen molar-refractivity contribution in [2.24, 2.45) is 0 Å². The van der Waals surface area contributed by atoms with Gasteiger partial charge in [-0.1, -0.05) is 18.2 Å². The van der Waals surface area contributed by atoms with E-state index in [1.54, 1.807) is 36.4 Å². The largest absolute Gasteiger partial charge is 0.740 e. The minimum atomic E-state index is -2.73. The molecule has 0 heterocycles. The van der Waals surface area contributed by atoms with Gasteiger partial charge in [0.1, 0.15) is 11.4 Å². The summed E-state index contributed by atoms with van der Waals surface area (Å²) in [5, 5.41) is 2.62. The Hall–Kier alpha value is -2.38. The Bertz CT molecular complexity index is 646. The zero-order valence-corrected chi connectivity index (χ0v) is 11.1. The van der Waals surface area contributed by atoms with E-state index in [2.05, 4.69) is 9.50 Å². The first-order valence-corrected chi connectivity index (χ1v) is 6.60. The lowest BCUT2D eigenvalue weighted by molar-refractivity contribution is 0.102. The van der Waals surface area contributed by atoms with Gasteiger partial charge < -0.3 is 19.8 Å². The molecule has 0 aromatic heterocycles. The number of hydrogen-bond donors (Lipinski definition) is 2. The fourth-order valence-electron chi connectivity index (χ4n) is 1.55. The molecule has 1 atom stereocenters. The molecule has 0 saturated carbocycles. The van der Waals surface area contributed by atoms with E-state index in [-0.39, 0.29) is 17.3 Å². The maximum absolute atomic E-state index is 11.9. The lowest BCUT2D eigenvalue weighted by Gasteiger charge is -2.12. The highest BCUT2D eigenvalue weighted by atomic mass is 32.2. The highest BCUT2D eigenvalue weighted by molar-refractivity contribution is 7.74. The third-order valence-electron chi connectivity index (χ3n) is 2.47. The molecule has 6 nitrogen and oxygen atoms in total. The molecule has 0 spiro atoms. The monoisotopic (exact) mass is 291 g/mol. The topological polar surface area (TPSA) is 104 Å². The Balaban J connectivity index is 2.18. The normalized spacial score (nSPS) is 11.7. The number of hydrogen-bond acceptors (Lipinski definition) is 5. The number of benzene rings is 2. The molecule has 0 aliphatic rings. The summed E-state index contributed by atoms with van der Waals surface area (Å²) in [4.78, 5) is 11.9. The Morgan fingerprint density at radius 1 is 1.20 bits per heavy atom. The van der Waals surface area contributed by atoms with Gasteiger partial charge in [-0.05, 0) is 24.3 Å². The van der Waals surface area contributed by atoms with Crippen LogP contribution in [0.3, 0.4) is 0 Å². The summed E-state index contributed by atoms with van der Waals surface area (Å²) in [7, 11) is 0. The minimum absolute atomic E-state index is 0.0378. The van der Waals surface area contributed by atoms with Crippen molar-refractivity contribution < 1.29 is 17.7 Å². The number of carbonyl (C=O) groups excluding carboxylic acids is 1. The number of nitrogens with two attached hydrogens (primary N) is 1. The highest BCUT2D eigenvalue weighted by Crippen LogP contribution is 2.26. The third-order valence-corrected chi connectivity index (χ3v) is 2.78. The highest BCUT2D eigenvalue weighted by Gasteiger charge is 2.08. The summed E-state index contributed by atoms with van der Waals surface area (Å²) < 4.78 is 25.5. The lowest BCUT2D eigenvalue weighted by atomic mass is 10.2. The fourth-order valence-corrected chi connectivity index (χ4v) is 1.84. The van der Waals surface area contributed by atoms with Crippen LogP contribution in [0.15, 0.2) is 48.5 Å². The molecule has 7 heteroatoms. The molecular formula is C13H11N2O4S-. The molecule has 0 radical (unpaired) electrons. The molecule has 0 fully saturated rings. The van der Waals surface area contributed by atoms with Crippen molar-refractivity contribution in [3.05, 3.63) is 54.1 Å². The molecule has 1 amide bonds. The number of anilines is 2. The Morgan fingerprint density at radius 3 is 2.55 bits per heavy atom. The van der Waals surface area contributed by atoms with E-state index in [1.165, 1.54) is 12.1 Å². The maximum atomic E-state index is 11.9. The van der Waals surface area contributed by atoms with Crippen LogP contribution in [0.1, 0.15) is 10.4 Å². The quantitative estimate of drug-likeness (QED) is 0.659. The predicted octanol–water partition coefficient (Wildman–Crippen LogP) is 1.69. The van der Waals surface area contributed by atoms with Gasteiger partial charge in [0.2, 0.25) is 0 Å². The van der Waals surface area contributed by atoms with E-state index in [0.717, 1.165) is 0 Å². The molecule has 0 aliphatic heterocycles. The van der Waals surface area contributed by atoms with E-state index in [0.29, 0.717) is 11.3 Å². The van der Waals surface area contributed by atoms with Crippen LogP contribution in [0.4, 0.5) is 11.4 Å². The molecular weight excluding hydrogens is 280 g/mol. The molecule has 20 heavy (non-hydrogen) atoms. The van der Waals surface area contributed by atoms with Crippen molar-refractivity contribution in [2.75, 3.05) is 11.1 Å². The van der Waals surface area contributed by atoms with Crippen LogP contribution in [-0.4, -0.2) is 14.7 Å².